The molecule has 2 fully saturated rings. The molecule has 3 atom stereocenters. The molecule has 224 valence electrons. The van der Waals surface area contributed by atoms with E-state index in [0.717, 1.165) is 31.4 Å². The van der Waals surface area contributed by atoms with E-state index in [2.05, 4.69) is 33.0 Å². The molecule has 0 aromatic heterocycles. The third kappa shape index (κ3) is 9.89. The summed E-state index contributed by atoms with van der Waals surface area (Å²) < 4.78 is 23.8. The topological polar surface area (TPSA) is 86.3 Å². The summed E-state index contributed by atoms with van der Waals surface area (Å²) in [7, 11) is 0. The number of hydrogen-bond donors (Lipinski definition) is 1. The minimum absolute atomic E-state index is 0.0996. The molecule has 40 heavy (non-hydrogen) atoms. The van der Waals surface area contributed by atoms with E-state index in [1.54, 1.807) is 4.90 Å². The van der Waals surface area contributed by atoms with Crippen molar-refractivity contribution < 1.29 is 28.5 Å². The zero-order chi connectivity index (χ0) is 29.1. The van der Waals surface area contributed by atoms with Gasteiger partial charge in [-0.15, -0.1) is 0 Å². The highest BCUT2D eigenvalue weighted by Gasteiger charge is 2.50. The number of rotatable bonds is 13. The summed E-state index contributed by atoms with van der Waals surface area (Å²) >= 11 is 0. The Bertz CT molecular complexity index is 955. The van der Waals surface area contributed by atoms with Gasteiger partial charge in [-0.25, -0.2) is 4.79 Å². The Morgan fingerprint density at radius 3 is 2.52 bits per heavy atom. The van der Waals surface area contributed by atoms with Gasteiger partial charge in [0.15, 0.2) is 6.29 Å². The Balaban J connectivity index is 1.76. The lowest BCUT2D eigenvalue weighted by molar-refractivity contribution is -0.162. The lowest BCUT2D eigenvalue weighted by Gasteiger charge is -2.33. The van der Waals surface area contributed by atoms with E-state index >= 15 is 0 Å². The van der Waals surface area contributed by atoms with Gasteiger partial charge < -0.3 is 24.3 Å². The number of nitrogens with one attached hydrogen (secondary N) is 1. The smallest absolute Gasteiger partial charge is 0.412 e. The van der Waals surface area contributed by atoms with Gasteiger partial charge in [-0.1, -0.05) is 58.0 Å². The highest BCUT2D eigenvalue weighted by Crippen LogP contribution is 2.37. The summed E-state index contributed by atoms with van der Waals surface area (Å²) in [6.07, 6.45) is 5.97. The molecular formula is C32H50N2O6. The number of amides is 2. The van der Waals surface area contributed by atoms with Crippen LogP contribution in [-0.4, -0.2) is 60.8 Å². The molecule has 1 aromatic rings. The van der Waals surface area contributed by atoms with Gasteiger partial charge in [-0.05, 0) is 75.8 Å². The normalized spacial score (nSPS) is 23.1. The third-order valence-corrected chi connectivity index (χ3v) is 7.19. The van der Waals surface area contributed by atoms with Crippen LogP contribution in [0.15, 0.2) is 42.0 Å². The van der Waals surface area contributed by atoms with Gasteiger partial charge in [0.05, 0.1) is 18.8 Å². The van der Waals surface area contributed by atoms with E-state index in [4.69, 9.17) is 18.9 Å². The number of nitrogens with zero attached hydrogens (tertiary/aromatic N) is 1. The van der Waals surface area contributed by atoms with Crippen LogP contribution in [0.2, 0.25) is 0 Å². The molecule has 0 saturated carbocycles. The molecule has 2 aliphatic rings. The Kier molecular flexibility index (Phi) is 12.5. The van der Waals surface area contributed by atoms with Crippen molar-refractivity contribution in [2.45, 2.75) is 111 Å². The minimum atomic E-state index is -0.893. The van der Waals surface area contributed by atoms with E-state index in [-0.39, 0.29) is 24.8 Å². The first-order valence-corrected chi connectivity index (χ1v) is 15.0. The largest absolute Gasteiger partial charge is 0.444 e. The molecule has 1 aromatic carbocycles. The van der Waals surface area contributed by atoms with E-state index in [9.17, 15) is 9.59 Å². The van der Waals surface area contributed by atoms with Crippen LogP contribution in [0.3, 0.4) is 0 Å². The molecule has 0 radical (unpaired) electrons. The maximum absolute atomic E-state index is 13.4. The second-order valence-electron chi connectivity index (χ2n) is 12.2. The van der Waals surface area contributed by atoms with Crippen LogP contribution in [0.1, 0.15) is 85.6 Å². The molecule has 0 spiro atoms. The molecule has 8 heteroatoms. The minimum Gasteiger partial charge on any atom is -0.444 e. The van der Waals surface area contributed by atoms with Gasteiger partial charge in [-0.3, -0.25) is 9.69 Å². The van der Waals surface area contributed by atoms with Crippen molar-refractivity contribution in [3.63, 3.8) is 0 Å². The van der Waals surface area contributed by atoms with Crippen molar-refractivity contribution in [3.8, 4) is 0 Å². The monoisotopic (exact) mass is 558 g/mol. The fourth-order valence-electron chi connectivity index (χ4n) is 5.23. The van der Waals surface area contributed by atoms with Crippen LogP contribution < -0.4 is 5.32 Å². The van der Waals surface area contributed by atoms with E-state index in [1.165, 1.54) is 0 Å². The second-order valence-corrected chi connectivity index (χ2v) is 12.2. The van der Waals surface area contributed by atoms with Crippen molar-refractivity contribution >= 4 is 12.0 Å². The van der Waals surface area contributed by atoms with Gasteiger partial charge in [0.25, 0.3) is 0 Å². The van der Waals surface area contributed by atoms with E-state index in [0.29, 0.717) is 49.8 Å². The van der Waals surface area contributed by atoms with Crippen molar-refractivity contribution in [2.24, 2.45) is 11.8 Å². The lowest BCUT2D eigenvalue weighted by atomic mass is 9.95. The Hall–Kier alpha value is -2.42. The summed E-state index contributed by atoms with van der Waals surface area (Å²) in [6, 6.07) is 9.38. The molecule has 2 aliphatic heterocycles. The summed E-state index contributed by atoms with van der Waals surface area (Å²) in [5.74, 6) is 0.546. The Morgan fingerprint density at radius 1 is 1.12 bits per heavy atom. The Labute approximate surface area is 240 Å². The number of ether oxygens (including phenoxy) is 4. The first-order valence-electron chi connectivity index (χ1n) is 15.0. The average molecular weight is 559 g/mol. The van der Waals surface area contributed by atoms with E-state index in [1.807, 2.05) is 50.3 Å². The summed E-state index contributed by atoms with van der Waals surface area (Å²) in [5, 5.41) is 3.06. The van der Waals surface area contributed by atoms with Crippen molar-refractivity contribution in [3.05, 3.63) is 47.5 Å². The molecule has 1 unspecified atom stereocenters. The van der Waals surface area contributed by atoms with Gasteiger partial charge in [-0.2, -0.15) is 0 Å². The predicted octanol–water partition coefficient (Wildman–Crippen LogP) is 6.20. The number of benzene rings is 1. The highest BCUT2D eigenvalue weighted by molar-refractivity contribution is 5.93. The summed E-state index contributed by atoms with van der Waals surface area (Å²) in [5.41, 5.74) is 0.688. The van der Waals surface area contributed by atoms with Crippen LogP contribution >= 0.6 is 0 Å². The third-order valence-electron chi connectivity index (χ3n) is 7.19. The lowest BCUT2D eigenvalue weighted by Crippen LogP contribution is -2.49. The average Bonchev–Trinajstić information content (AvgIpc) is 3.16. The molecule has 2 amide bonds. The van der Waals surface area contributed by atoms with E-state index < -0.39 is 17.9 Å². The molecule has 0 aliphatic carbocycles. The van der Waals surface area contributed by atoms with Crippen LogP contribution in [0.4, 0.5) is 4.79 Å². The first-order chi connectivity index (χ1) is 19.1. The van der Waals surface area contributed by atoms with Crippen molar-refractivity contribution in [1.82, 2.24) is 10.2 Å². The van der Waals surface area contributed by atoms with Gasteiger partial charge in [0.2, 0.25) is 5.91 Å². The Morgan fingerprint density at radius 2 is 1.88 bits per heavy atom. The quantitative estimate of drug-likeness (QED) is 0.229. The SMILES string of the molecule is CC(C)CNC(=O)C(=C[C@@H]1OC(C)(C)N(C(=O)OCc2ccccc2)[C@H]1CC(C)C)CCCOC1CCCCO1. The van der Waals surface area contributed by atoms with Gasteiger partial charge in [0.1, 0.15) is 12.3 Å². The van der Waals surface area contributed by atoms with Crippen molar-refractivity contribution in [1.29, 1.82) is 0 Å². The molecule has 2 heterocycles. The van der Waals surface area contributed by atoms with Crippen LogP contribution in [0.5, 0.6) is 0 Å². The van der Waals surface area contributed by atoms with Gasteiger partial charge in [0, 0.05) is 18.7 Å². The molecule has 8 nitrogen and oxygen atoms in total. The molecule has 3 rings (SSSR count). The standard InChI is InChI=1S/C32H50N2O6/c1-23(2)19-27-28(40-32(5,6)34(27)31(36)39-22-25-13-8-7-9-14-25)20-26(30(35)33-21-24(3)4)15-12-18-38-29-16-10-11-17-37-29/h7-9,13-14,20,23-24,27-29H,10-12,15-19,21-22H2,1-6H3,(H,33,35)/t27-,28-,29?/m0/s1. The molecular weight excluding hydrogens is 508 g/mol. The molecule has 0 bridgehead atoms. The van der Waals surface area contributed by atoms with Crippen molar-refractivity contribution in [2.75, 3.05) is 19.8 Å². The zero-order valence-corrected chi connectivity index (χ0v) is 25.3. The fourth-order valence-corrected chi connectivity index (χ4v) is 5.23. The number of hydrogen-bond acceptors (Lipinski definition) is 6. The maximum Gasteiger partial charge on any atom is 0.412 e. The highest BCUT2D eigenvalue weighted by atomic mass is 16.7. The van der Waals surface area contributed by atoms with Crippen LogP contribution in [0.25, 0.3) is 0 Å². The number of carbonyl (C=O) groups excluding carboxylic acids is 2. The second kappa shape index (κ2) is 15.5. The first kappa shape index (κ1) is 32.1. The van der Waals surface area contributed by atoms with Crippen LogP contribution in [-0.2, 0) is 30.3 Å². The van der Waals surface area contributed by atoms with Gasteiger partial charge >= 0.3 is 6.09 Å². The summed E-state index contributed by atoms with van der Waals surface area (Å²) in [6.45, 7) is 14.2. The predicted molar refractivity (Wildman–Crippen MR) is 155 cm³/mol. The van der Waals surface area contributed by atoms with Crippen LogP contribution in [0, 0.1) is 11.8 Å². The fraction of sp³-hybridized carbons (Fsp3) is 0.688. The zero-order valence-electron chi connectivity index (χ0n) is 25.3. The molecule has 1 N–H and O–H groups in total. The summed E-state index contributed by atoms with van der Waals surface area (Å²) in [4.78, 5) is 28.4. The maximum atomic E-state index is 13.4. The molecule has 2 saturated heterocycles. The number of carbonyl (C=O) groups is 2.